The van der Waals surface area contributed by atoms with E-state index in [1.165, 1.54) is 30.6 Å². The van der Waals surface area contributed by atoms with E-state index in [-0.39, 0.29) is 12.1 Å². The Hall–Kier alpha value is -0.380. The first-order valence-electron chi connectivity index (χ1n) is 6.18. The van der Waals surface area contributed by atoms with E-state index < -0.39 is 0 Å². The highest BCUT2D eigenvalue weighted by molar-refractivity contribution is 7.10. The number of hydrogen-bond donors (Lipinski definition) is 1. The Labute approximate surface area is 102 Å². The molecule has 2 nitrogen and oxygen atoms in total. The molecule has 1 aromatic rings. The Balaban J connectivity index is 1.88. The minimum absolute atomic E-state index is 0.0695. The zero-order chi connectivity index (χ0) is 11.4. The summed E-state index contributed by atoms with van der Waals surface area (Å²) in [5.41, 5.74) is 5.99. The van der Waals surface area contributed by atoms with Crippen LogP contribution in [0.1, 0.15) is 43.6 Å². The van der Waals surface area contributed by atoms with Gasteiger partial charge in [0.05, 0.1) is 6.61 Å². The summed E-state index contributed by atoms with van der Waals surface area (Å²) in [6.07, 6.45) is 5.48. The van der Waals surface area contributed by atoms with Crippen LogP contribution >= 0.6 is 11.3 Å². The molecule has 1 aliphatic carbocycles. The van der Waals surface area contributed by atoms with Crippen molar-refractivity contribution in [3.8, 4) is 0 Å². The van der Waals surface area contributed by atoms with Gasteiger partial charge >= 0.3 is 0 Å². The molecule has 3 heteroatoms. The standard InChI is InChI=1S/C13H21NOS/c1-10(14)13(12-7-4-8-16-12)15-9-11-5-2-3-6-11/h4,7-8,10-11,13H,2-3,5-6,9,14H2,1H3. The van der Waals surface area contributed by atoms with Gasteiger partial charge in [0, 0.05) is 10.9 Å². The Bertz CT molecular complexity index is 291. The number of hydrogen-bond acceptors (Lipinski definition) is 3. The molecule has 2 atom stereocenters. The minimum atomic E-state index is 0.0695. The third-order valence-corrected chi connectivity index (χ3v) is 4.22. The van der Waals surface area contributed by atoms with Crippen molar-refractivity contribution >= 4 is 11.3 Å². The molecule has 16 heavy (non-hydrogen) atoms. The van der Waals surface area contributed by atoms with Crippen LogP contribution in [0.3, 0.4) is 0 Å². The number of ether oxygens (including phenoxy) is 1. The maximum atomic E-state index is 6.02. The molecule has 90 valence electrons. The Kier molecular flexibility index (Phi) is 4.38. The Morgan fingerprint density at radius 1 is 1.50 bits per heavy atom. The second-order valence-corrected chi connectivity index (χ2v) is 5.76. The summed E-state index contributed by atoms with van der Waals surface area (Å²) in [5.74, 6) is 0.765. The van der Waals surface area contributed by atoms with Crippen LogP contribution in [0.25, 0.3) is 0 Å². The molecule has 0 amide bonds. The van der Waals surface area contributed by atoms with E-state index >= 15 is 0 Å². The molecule has 1 fully saturated rings. The van der Waals surface area contributed by atoms with Gasteiger partial charge in [-0.3, -0.25) is 0 Å². The third-order valence-electron chi connectivity index (χ3n) is 3.29. The smallest absolute Gasteiger partial charge is 0.106 e. The van der Waals surface area contributed by atoms with E-state index in [1.54, 1.807) is 11.3 Å². The van der Waals surface area contributed by atoms with Crippen LogP contribution in [-0.4, -0.2) is 12.6 Å². The highest BCUT2D eigenvalue weighted by Crippen LogP contribution is 2.29. The Morgan fingerprint density at radius 2 is 2.25 bits per heavy atom. The average Bonchev–Trinajstić information content (AvgIpc) is 2.88. The van der Waals surface area contributed by atoms with Gasteiger partial charge in [-0.05, 0) is 37.1 Å². The molecule has 1 heterocycles. The molecule has 0 bridgehead atoms. The predicted octanol–water partition coefficient (Wildman–Crippen LogP) is 3.34. The van der Waals surface area contributed by atoms with Crippen LogP contribution in [0.4, 0.5) is 0 Å². The van der Waals surface area contributed by atoms with Crippen molar-refractivity contribution in [3.63, 3.8) is 0 Å². The van der Waals surface area contributed by atoms with Gasteiger partial charge in [0.25, 0.3) is 0 Å². The van der Waals surface area contributed by atoms with Crippen LogP contribution in [0, 0.1) is 5.92 Å². The van der Waals surface area contributed by atoms with Crippen LogP contribution in [0.15, 0.2) is 17.5 Å². The first-order valence-corrected chi connectivity index (χ1v) is 7.06. The fourth-order valence-corrected chi connectivity index (χ4v) is 3.25. The molecule has 2 N–H and O–H groups in total. The number of nitrogens with two attached hydrogens (primary N) is 1. The summed E-state index contributed by atoms with van der Waals surface area (Å²) in [7, 11) is 0. The molecule has 0 saturated heterocycles. The molecule has 1 aromatic heterocycles. The Morgan fingerprint density at radius 3 is 2.81 bits per heavy atom. The fraction of sp³-hybridized carbons (Fsp3) is 0.692. The van der Waals surface area contributed by atoms with Crippen molar-refractivity contribution in [3.05, 3.63) is 22.4 Å². The summed E-state index contributed by atoms with van der Waals surface area (Å²) >= 11 is 1.74. The second-order valence-electron chi connectivity index (χ2n) is 4.78. The van der Waals surface area contributed by atoms with Gasteiger partial charge in [-0.25, -0.2) is 0 Å². The average molecular weight is 239 g/mol. The second kappa shape index (κ2) is 5.80. The first kappa shape index (κ1) is 12.1. The predicted molar refractivity (Wildman–Crippen MR) is 68.6 cm³/mol. The normalized spacial score (nSPS) is 21.1. The first-order chi connectivity index (χ1) is 7.77. The molecule has 2 rings (SSSR count). The lowest BCUT2D eigenvalue weighted by Gasteiger charge is -2.22. The van der Waals surface area contributed by atoms with E-state index in [1.807, 2.05) is 6.92 Å². The third kappa shape index (κ3) is 3.06. The van der Waals surface area contributed by atoms with E-state index in [9.17, 15) is 0 Å². The quantitative estimate of drug-likeness (QED) is 0.855. The van der Waals surface area contributed by atoms with Gasteiger partial charge in [0.1, 0.15) is 6.10 Å². The van der Waals surface area contributed by atoms with E-state index in [0.29, 0.717) is 0 Å². The minimum Gasteiger partial charge on any atom is -0.371 e. The summed E-state index contributed by atoms with van der Waals surface area (Å²) in [6.45, 7) is 2.91. The van der Waals surface area contributed by atoms with Crippen molar-refractivity contribution in [1.82, 2.24) is 0 Å². The van der Waals surface area contributed by atoms with Crippen molar-refractivity contribution in [2.45, 2.75) is 44.8 Å². The monoisotopic (exact) mass is 239 g/mol. The molecule has 0 radical (unpaired) electrons. The van der Waals surface area contributed by atoms with Gasteiger partial charge in [0.15, 0.2) is 0 Å². The van der Waals surface area contributed by atoms with Gasteiger partial charge < -0.3 is 10.5 Å². The summed E-state index contributed by atoms with van der Waals surface area (Å²) in [4.78, 5) is 1.26. The van der Waals surface area contributed by atoms with Gasteiger partial charge in [-0.2, -0.15) is 0 Å². The maximum Gasteiger partial charge on any atom is 0.106 e. The highest BCUT2D eigenvalue weighted by Gasteiger charge is 2.21. The zero-order valence-corrected chi connectivity index (χ0v) is 10.7. The number of rotatable bonds is 5. The lowest BCUT2D eigenvalue weighted by atomic mass is 10.1. The van der Waals surface area contributed by atoms with E-state index in [2.05, 4.69) is 17.5 Å². The van der Waals surface area contributed by atoms with Crippen molar-refractivity contribution < 1.29 is 4.74 Å². The topological polar surface area (TPSA) is 35.2 Å². The molecular formula is C13H21NOS. The van der Waals surface area contributed by atoms with Gasteiger partial charge in [-0.1, -0.05) is 18.9 Å². The molecule has 1 saturated carbocycles. The van der Waals surface area contributed by atoms with Crippen LogP contribution < -0.4 is 5.73 Å². The van der Waals surface area contributed by atoms with Gasteiger partial charge in [0.2, 0.25) is 0 Å². The molecule has 0 aromatic carbocycles. The summed E-state index contributed by atoms with van der Waals surface area (Å²) in [6, 6.07) is 4.25. The lowest BCUT2D eigenvalue weighted by molar-refractivity contribution is 0.0190. The largest absolute Gasteiger partial charge is 0.371 e. The van der Waals surface area contributed by atoms with Gasteiger partial charge in [-0.15, -0.1) is 11.3 Å². The van der Waals surface area contributed by atoms with E-state index in [4.69, 9.17) is 10.5 Å². The van der Waals surface area contributed by atoms with Crippen molar-refractivity contribution in [2.75, 3.05) is 6.61 Å². The molecule has 2 unspecified atom stereocenters. The van der Waals surface area contributed by atoms with Crippen LogP contribution in [-0.2, 0) is 4.74 Å². The zero-order valence-electron chi connectivity index (χ0n) is 9.89. The molecule has 0 spiro atoms. The van der Waals surface area contributed by atoms with Crippen LogP contribution in [0.5, 0.6) is 0 Å². The molecule has 0 aliphatic heterocycles. The lowest BCUT2D eigenvalue weighted by Crippen LogP contribution is -2.27. The molecule has 1 aliphatic rings. The van der Waals surface area contributed by atoms with Crippen LogP contribution in [0.2, 0.25) is 0 Å². The maximum absolute atomic E-state index is 6.02. The SMILES string of the molecule is CC(N)C(OCC1CCCC1)c1cccs1. The molecular weight excluding hydrogens is 218 g/mol. The van der Waals surface area contributed by atoms with E-state index in [0.717, 1.165) is 12.5 Å². The number of thiophene rings is 1. The summed E-state index contributed by atoms with van der Waals surface area (Å²) < 4.78 is 6.02. The van der Waals surface area contributed by atoms with Crippen molar-refractivity contribution in [2.24, 2.45) is 11.7 Å². The van der Waals surface area contributed by atoms with Crippen molar-refractivity contribution in [1.29, 1.82) is 0 Å². The highest BCUT2D eigenvalue weighted by atomic mass is 32.1. The fourth-order valence-electron chi connectivity index (χ4n) is 2.36. The summed E-state index contributed by atoms with van der Waals surface area (Å²) in [5, 5.41) is 2.09.